The molecule has 0 bridgehead atoms. The summed E-state index contributed by atoms with van der Waals surface area (Å²) in [6.07, 6.45) is 0.0462. The van der Waals surface area contributed by atoms with Crippen molar-refractivity contribution in [2.45, 2.75) is 18.9 Å². The molecule has 0 aliphatic heterocycles. The van der Waals surface area contributed by atoms with Crippen LogP contribution in [0.3, 0.4) is 0 Å². The molecular formula is C15H13F4N. The first-order valence-electron chi connectivity index (χ1n) is 5.97. The van der Waals surface area contributed by atoms with Crippen LogP contribution < -0.4 is 5.73 Å². The first kappa shape index (κ1) is 14.5. The SMILES string of the molecule is CC(N)(Cc1cc(F)cc(F)c1)c1cc(F)cc(F)c1. The van der Waals surface area contributed by atoms with Crippen LogP contribution in [0, 0.1) is 23.3 Å². The molecule has 0 heterocycles. The summed E-state index contributed by atoms with van der Waals surface area (Å²) >= 11 is 0. The van der Waals surface area contributed by atoms with Crippen LogP contribution in [-0.4, -0.2) is 0 Å². The number of hydrogen-bond donors (Lipinski definition) is 1. The number of halogens is 4. The molecule has 1 atom stereocenters. The Morgan fingerprint density at radius 1 is 0.800 bits per heavy atom. The van der Waals surface area contributed by atoms with Crippen LogP contribution in [0.1, 0.15) is 18.1 Å². The van der Waals surface area contributed by atoms with Crippen molar-refractivity contribution < 1.29 is 17.6 Å². The molecule has 5 heteroatoms. The Bertz CT molecular complexity index is 597. The van der Waals surface area contributed by atoms with Crippen molar-refractivity contribution >= 4 is 0 Å². The maximum atomic E-state index is 13.2. The predicted molar refractivity (Wildman–Crippen MR) is 68.0 cm³/mol. The Morgan fingerprint density at radius 2 is 1.20 bits per heavy atom. The quantitative estimate of drug-likeness (QED) is 0.855. The molecule has 0 amide bonds. The number of hydrogen-bond acceptors (Lipinski definition) is 1. The lowest BCUT2D eigenvalue weighted by molar-refractivity contribution is 0.474. The van der Waals surface area contributed by atoms with E-state index in [1.165, 1.54) is 0 Å². The van der Waals surface area contributed by atoms with Crippen molar-refractivity contribution in [2.75, 3.05) is 0 Å². The molecule has 106 valence electrons. The summed E-state index contributed by atoms with van der Waals surface area (Å²) in [6, 6.07) is 5.99. The van der Waals surface area contributed by atoms with Crippen LogP contribution in [0.4, 0.5) is 17.6 Å². The van der Waals surface area contributed by atoms with Gasteiger partial charge in [-0.3, -0.25) is 0 Å². The molecule has 2 aromatic carbocycles. The number of rotatable bonds is 3. The summed E-state index contributed by atoms with van der Waals surface area (Å²) in [5.41, 5.74) is 5.42. The van der Waals surface area contributed by atoms with Crippen molar-refractivity contribution in [3.8, 4) is 0 Å². The maximum absolute atomic E-state index is 13.2. The van der Waals surface area contributed by atoms with E-state index < -0.39 is 28.8 Å². The lowest BCUT2D eigenvalue weighted by atomic mass is 9.86. The fraction of sp³-hybridized carbons (Fsp3) is 0.200. The van der Waals surface area contributed by atoms with Crippen LogP contribution in [0.5, 0.6) is 0 Å². The Balaban J connectivity index is 2.34. The fourth-order valence-electron chi connectivity index (χ4n) is 2.12. The van der Waals surface area contributed by atoms with Gasteiger partial charge >= 0.3 is 0 Å². The van der Waals surface area contributed by atoms with Gasteiger partial charge in [0.25, 0.3) is 0 Å². The zero-order valence-electron chi connectivity index (χ0n) is 10.8. The second-order valence-corrected chi connectivity index (χ2v) is 5.03. The van der Waals surface area contributed by atoms with Gasteiger partial charge < -0.3 is 5.73 Å². The molecule has 2 aromatic rings. The van der Waals surface area contributed by atoms with Crippen molar-refractivity contribution in [3.05, 3.63) is 70.8 Å². The topological polar surface area (TPSA) is 26.0 Å². The van der Waals surface area contributed by atoms with Gasteiger partial charge in [0.15, 0.2) is 0 Å². The van der Waals surface area contributed by atoms with E-state index in [0.29, 0.717) is 5.56 Å². The predicted octanol–water partition coefficient (Wildman–Crippen LogP) is 3.66. The summed E-state index contributed by atoms with van der Waals surface area (Å²) in [5, 5.41) is 0. The monoisotopic (exact) mass is 283 g/mol. The third-order valence-electron chi connectivity index (χ3n) is 3.02. The summed E-state index contributed by atoms with van der Waals surface area (Å²) in [7, 11) is 0. The fourth-order valence-corrected chi connectivity index (χ4v) is 2.12. The molecule has 0 saturated heterocycles. The van der Waals surface area contributed by atoms with Gasteiger partial charge in [0.1, 0.15) is 23.3 Å². The van der Waals surface area contributed by atoms with Crippen molar-refractivity contribution in [3.63, 3.8) is 0 Å². The van der Waals surface area contributed by atoms with E-state index in [2.05, 4.69) is 0 Å². The Kier molecular flexibility index (Phi) is 3.81. The standard InChI is InChI=1S/C15H13F4N/c1-15(20,10-4-13(18)7-14(19)5-10)8-9-2-11(16)6-12(17)3-9/h2-7H,8,20H2,1H3. The third kappa shape index (κ3) is 3.36. The summed E-state index contributed by atoms with van der Waals surface area (Å²) < 4.78 is 52.7. The average molecular weight is 283 g/mol. The van der Waals surface area contributed by atoms with E-state index in [1.54, 1.807) is 6.92 Å². The number of nitrogens with two attached hydrogens (primary N) is 1. The smallest absolute Gasteiger partial charge is 0.126 e. The highest BCUT2D eigenvalue weighted by molar-refractivity contribution is 5.29. The molecule has 0 radical (unpaired) electrons. The summed E-state index contributed by atoms with van der Waals surface area (Å²) in [6.45, 7) is 1.55. The van der Waals surface area contributed by atoms with Crippen molar-refractivity contribution in [1.29, 1.82) is 0 Å². The van der Waals surface area contributed by atoms with E-state index in [9.17, 15) is 17.6 Å². The highest BCUT2D eigenvalue weighted by atomic mass is 19.1. The van der Waals surface area contributed by atoms with Crippen LogP contribution in [0.2, 0.25) is 0 Å². The average Bonchev–Trinajstić information content (AvgIpc) is 2.25. The molecule has 2 rings (SSSR count). The van der Waals surface area contributed by atoms with Gasteiger partial charge in [-0.2, -0.15) is 0 Å². The molecule has 0 spiro atoms. The Labute approximate surface area is 114 Å². The lowest BCUT2D eigenvalue weighted by Crippen LogP contribution is -2.35. The van der Waals surface area contributed by atoms with Gasteiger partial charge in [0.2, 0.25) is 0 Å². The molecule has 1 unspecified atom stereocenters. The van der Waals surface area contributed by atoms with Gasteiger partial charge in [-0.05, 0) is 48.7 Å². The largest absolute Gasteiger partial charge is 0.321 e. The molecule has 0 aromatic heterocycles. The van der Waals surface area contributed by atoms with E-state index in [0.717, 1.165) is 36.4 Å². The Hall–Kier alpha value is -1.88. The first-order valence-corrected chi connectivity index (χ1v) is 5.97. The highest BCUT2D eigenvalue weighted by Crippen LogP contribution is 2.25. The number of benzene rings is 2. The minimum absolute atomic E-state index is 0.0462. The van der Waals surface area contributed by atoms with Gasteiger partial charge in [-0.25, -0.2) is 17.6 Å². The first-order chi connectivity index (χ1) is 9.26. The Morgan fingerprint density at radius 3 is 1.65 bits per heavy atom. The maximum Gasteiger partial charge on any atom is 0.126 e. The van der Waals surface area contributed by atoms with Gasteiger partial charge in [-0.1, -0.05) is 0 Å². The van der Waals surface area contributed by atoms with Gasteiger partial charge in [0.05, 0.1) is 0 Å². The molecule has 0 aliphatic carbocycles. The highest BCUT2D eigenvalue weighted by Gasteiger charge is 2.23. The second kappa shape index (κ2) is 5.25. The van der Waals surface area contributed by atoms with E-state index in [4.69, 9.17) is 5.73 Å². The molecule has 0 aliphatic rings. The molecule has 1 nitrogen and oxygen atoms in total. The summed E-state index contributed by atoms with van der Waals surface area (Å²) in [5.74, 6) is -2.94. The van der Waals surface area contributed by atoms with Crippen LogP contribution in [-0.2, 0) is 12.0 Å². The minimum Gasteiger partial charge on any atom is -0.321 e. The summed E-state index contributed by atoms with van der Waals surface area (Å²) in [4.78, 5) is 0. The molecular weight excluding hydrogens is 270 g/mol. The van der Waals surface area contributed by atoms with Gasteiger partial charge in [-0.15, -0.1) is 0 Å². The lowest BCUT2D eigenvalue weighted by Gasteiger charge is -2.25. The molecule has 20 heavy (non-hydrogen) atoms. The van der Waals surface area contributed by atoms with E-state index in [-0.39, 0.29) is 12.0 Å². The van der Waals surface area contributed by atoms with Crippen LogP contribution >= 0.6 is 0 Å². The zero-order valence-corrected chi connectivity index (χ0v) is 10.8. The normalized spacial score (nSPS) is 14.1. The second-order valence-electron chi connectivity index (χ2n) is 5.03. The van der Waals surface area contributed by atoms with Crippen molar-refractivity contribution in [2.24, 2.45) is 5.73 Å². The minimum atomic E-state index is -1.15. The zero-order chi connectivity index (χ0) is 14.9. The molecule has 0 fully saturated rings. The third-order valence-corrected chi connectivity index (χ3v) is 3.02. The van der Waals surface area contributed by atoms with E-state index >= 15 is 0 Å². The van der Waals surface area contributed by atoms with Gasteiger partial charge in [0, 0.05) is 17.7 Å². The van der Waals surface area contributed by atoms with Crippen LogP contribution in [0.25, 0.3) is 0 Å². The molecule has 2 N–H and O–H groups in total. The van der Waals surface area contributed by atoms with Crippen molar-refractivity contribution in [1.82, 2.24) is 0 Å². The van der Waals surface area contributed by atoms with E-state index in [1.807, 2.05) is 0 Å². The van der Waals surface area contributed by atoms with Crippen LogP contribution in [0.15, 0.2) is 36.4 Å². The molecule has 0 saturated carbocycles.